The fraction of sp³-hybridized carbons (Fsp3) is 0.700. The quantitative estimate of drug-likeness (QED) is 0.831. The lowest BCUT2D eigenvalue weighted by Gasteiger charge is -2.42. The summed E-state index contributed by atoms with van der Waals surface area (Å²) in [5.41, 5.74) is 0.574. The number of aliphatic hydroxyl groups is 1. The van der Waals surface area contributed by atoms with Crippen molar-refractivity contribution >= 4 is 23.3 Å². The molecular weight excluding hydrogens is 364 g/mol. The summed E-state index contributed by atoms with van der Waals surface area (Å²) in [6.45, 7) is 8.84. The molecule has 6 nitrogen and oxygen atoms in total. The van der Waals surface area contributed by atoms with Crippen LogP contribution in [0.2, 0.25) is 5.02 Å². The van der Waals surface area contributed by atoms with Crippen molar-refractivity contribution in [3.63, 3.8) is 0 Å². The number of rotatable bonds is 5. The van der Waals surface area contributed by atoms with Crippen LogP contribution in [0.1, 0.15) is 49.9 Å². The van der Waals surface area contributed by atoms with Gasteiger partial charge in [0, 0.05) is 51.5 Å². The van der Waals surface area contributed by atoms with Gasteiger partial charge < -0.3 is 14.9 Å². The average molecular weight is 395 g/mol. The van der Waals surface area contributed by atoms with E-state index < -0.39 is 0 Å². The molecule has 2 atom stereocenters. The van der Waals surface area contributed by atoms with Crippen molar-refractivity contribution in [2.45, 2.75) is 51.7 Å². The van der Waals surface area contributed by atoms with Crippen molar-refractivity contribution in [2.24, 2.45) is 0 Å². The number of β-amino-alcohol motifs (C(OH)–C–C–N with tert-alkyl or cyclic N) is 1. The number of aromatic nitrogens is 1. The Morgan fingerprint density at radius 2 is 2.04 bits per heavy atom. The van der Waals surface area contributed by atoms with Gasteiger partial charge in [0.25, 0.3) is 5.91 Å². The minimum absolute atomic E-state index is 0.0313. The Morgan fingerprint density at radius 1 is 1.30 bits per heavy atom. The van der Waals surface area contributed by atoms with Crippen LogP contribution in [0.3, 0.4) is 0 Å². The highest BCUT2D eigenvalue weighted by molar-refractivity contribution is 6.33. The lowest BCUT2D eigenvalue weighted by molar-refractivity contribution is 0.0724. The van der Waals surface area contributed by atoms with E-state index in [4.69, 9.17) is 11.6 Å². The Bertz CT molecular complexity index is 649. The molecule has 2 unspecified atom stereocenters. The number of piperidine rings is 1. The minimum Gasteiger partial charge on any atom is -0.392 e. The van der Waals surface area contributed by atoms with Crippen molar-refractivity contribution in [3.05, 3.63) is 22.8 Å². The van der Waals surface area contributed by atoms with E-state index in [9.17, 15) is 9.90 Å². The second kappa shape index (κ2) is 9.22. The zero-order valence-electron chi connectivity index (χ0n) is 16.4. The first-order chi connectivity index (χ1) is 13.0. The maximum Gasteiger partial charge on any atom is 0.255 e. The minimum atomic E-state index is -0.326. The third-order valence-electron chi connectivity index (χ3n) is 5.59. The van der Waals surface area contributed by atoms with Gasteiger partial charge in [0.1, 0.15) is 5.82 Å². The number of carbonyl (C=O) groups excluding carboxylic acids is 1. The maximum atomic E-state index is 12.7. The van der Waals surface area contributed by atoms with Crippen molar-refractivity contribution in [2.75, 3.05) is 44.2 Å². The molecule has 0 radical (unpaired) electrons. The number of pyridine rings is 1. The second-order valence-corrected chi connectivity index (χ2v) is 8.14. The number of aliphatic hydroxyl groups excluding tert-OH is 1. The van der Waals surface area contributed by atoms with E-state index in [2.05, 4.69) is 21.7 Å². The van der Waals surface area contributed by atoms with E-state index in [0.29, 0.717) is 23.2 Å². The zero-order valence-corrected chi connectivity index (χ0v) is 17.2. The van der Waals surface area contributed by atoms with Crippen LogP contribution in [0.15, 0.2) is 12.3 Å². The van der Waals surface area contributed by atoms with Crippen LogP contribution in [0.5, 0.6) is 0 Å². The molecule has 1 aromatic heterocycles. The molecule has 2 aliphatic rings. The summed E-state index contributed by atoms with van der Waals surface area (Å²) in [5, 5.41) is 10.2. The number of nitrogens with zero attached hydrogens (tertiary/aromatic N) is 4. The Labute approximate surface area is 167 Å². The highest BCUT2D eigenvalue weighted by atomic mass is 35.5. The molecule has 3 heterocycles. The summed E-state index contributed by atoms with van der Waals surface area (Å²) in [6, 6.07) is 2.13. The summed E-state index contributed by atoms with van der Waals surface area (Å²) in [4.78, 5) is 23.7. The van der Waals surface area contributed by atoms with Gasteiger partial charge in [0.15, 0.2) is 0 Å². The van der Waals surface area contributed by atoms with E-state index >= 15 is 0 Å². The van der Waals surface area contributed by atoms with Crippen molar-refractivity contribution in [1.29, 1.82) is 0 Å². The number of hydrogen-bond donors (Lipinski definition) is 1. The molecule has 0 saturated carbocycles. The van der Waals surface area contributed by atoms with E-state index in [0.717, 1.165) is 57.8 Å². The number of likely N-dealkylation sites (tertiary alicyclic amines) is 1. The number of anilines is 1. The molecule has 3 rings (SSSR count). The first-order valence-electron chi connectivity index (χ1n) is 10.1. The van der Waals surface area contributed by atoms with Crippen LogP contribution >= 0.6 is 11.6 Å². The molecule has 1 amide bonds. The average Bonchev–Trinajstić information content (AvgIpc) is 2.68. The number of amides is 1. The number of carbonyl (C=O) groups is 1. The molecule has 2 aliphatic heterocycles. The Hall–Kier alpha value is -1.37. The highest BCUT2D eigenvalue weighted by Gasteiger charge is 2.28. The van der Waals surface area contributed by atoms with Crippen molar-refractivity contribution in [3.8, 4) is 0 Å². The Kier molecular flexibility index (Phi) is 6.95. The van der Waals surface area contributed by atoms with Crippen LogP contribution in [-0.2, 0) is 0 Å². The maximum absolute atomic E-state index is 12.7. The predicted octanol–water partition coefficient (Wildman–Crippen LogP) is 2.64. The van der Waals surface area contributed by atoms with Gasteiger partial charge in [-0.15, -0.1) is 0 Å². The topological polar surface area (TPSA) is 59.9 Å². The number of hydrogen-bond acceptors (Lipinski definition) is 5. The number of halogens is 1. The molecule has 2 saturated heterocycles. The molecular formula is C20H31ClN4O2. The molecule has 2 fully saturated rings. The first-order valence-corrected chi connectivity index (χ1v) is 10.5. The summed E-state index contributed by atoms with van der Waals surface area (Å²) >= 11 is 6.53. The van der Waals surface area contributed by atoms with Gasteiger partial charge in [-0.3, -0.25) is 9.69 Å². The SMILES string of the molecule is CCC1CN(c2ncc(C(=O)N3CCCCC3)cc2Cl)CCN1CC(C)O. The summed E-state index contributed by atoms with van der Waals surface area (Å²) in [7, 11) is 0. The third kappa shape index (κ3) is 4.92. The van der Waals surface area contributed by atoms with E-state index in [-0.39, 0.29) is 12.0 Å². The number of piperazine rings is 1. The largest absolute Gasteiger partial charge is 0.392 e. The predicted molar refractivity (Wildman–Crippen MR) is 109 cm³/mol. The van der Waals surface area contributed by atoms with E-state index in [1.54, 1.807) is 12.3 Å². The van der Waals surface area contributed by atoms with Crippen LogP contribution in [0.4, 0.5) is 5.82 Å². The van der Waals surface area contributed by atoms with Crippen LogP contribution < -0.4 is 4.90 Å². The van der Waals surface area contributed by atoms with Gasteiger partial charge in [0.2, 0.25) is 0 Å². The summed E-state index contributed by atoms with van der Waals surface area (Å²) in [6.07, 6.45) is 5.68. The third-order valence-corrected chi connectivity index (χ3v) is 5.86. The van der Waals surface area contributed by atoms with Crippen molar-refractivity contribution in [1.82, 2.24) is 14.8 Å². The van der Waals surface area contributed by atoms with Crippen LogP contribution in [0, 0.1) is 0 Å². The van der Waals surface area contributed by atoms with Crippen molar-refractivity contribution < 1.29 is 9.90 Å². The molecule has 1 N–H and O–H groups in total. The normalized spacial score (nSPS) is 22.7. The molecule has 0 spiro atoms. The molecule has 7 heteroatoms. The Balaban J connectivity index is 1.69. The zero-order chi connectivity index (χ0) is 19.4. The van der Waals surface area contributed by atoms with Crippen LogP contribution in [-0.4, -0.2) is 77.2 Å². The highest BCUT2D eigenvalue weighted by Crippen LogP contribution is 2.28. The summed E-state index contributed by atoms with van der Waals surface area (Å²) < 4.78 is 0. The molecule has 0 bridgehead atoms. The second-order valence-electron chi connectivity index (χ2n) is 7.73. The van der Waals surface area contributed by atoms with Gasteiger partial charge in [0.05, 0.1) is 16.7 Å². The van der Waals surface area contributed by atoms with E-state index in [1.165, 1.54) is 6.42 Å². The van der Waals surface area contributed by atoms with Gasteiger partial charge >= 0.3 is 0 Å². The fourth-order valence-electron chi connectivity index (χ4n) is 4.11. The van der Waals surface area contributed by atoms with Gasteiger partial charge in [-0.2, -0.15) is 0 Å². The molecule has 0 aliphatic carbocycles. The standard InChI is InChI=1S/C20H31ClN4O2/c1-3-17-14-25(10-9-24(17)13-15(2)26)19-18(21)11-16(12-22-19)20(27)23-7-5-4-6-8-23/h11-12,15,17,26H,3-10,13-14H2,1-2H3. The molecule has 150 valence electrons. The fourth-order valence-corrected chi connectivity index (χ4v) is 4.40. The van der Waals surface area contributed by atoms with Crippen LogP contribution in [0.25, 0.3) is 0 Å². The lowest BCUT2D eigenvalue weighted by atomic mass is 10.1. The molecule has 0 aromatic carbocycles. The Morgan fingerprint density at radius 3 is 2.67 bits per heavy atom. The first kappa shape index (κ1) is 20.4. The van der Waals surface area contributed by atoms with E-state index in [1.807, 2.05) is 11.8 Å². The molecule has 27 heavy (non-hydrogen) atoms. The molecule has 1 aromatic rings. The monoisotopic (exact) mass is 394 g/mol. The van der Waals surface area contributed by atoms with Gasteiger partial charge in [-0.1, -0.05) is 18.5 Å². The lowest BCUT2D eigenvalue weighted by Crippen LogP contribution is -2.54. The smallest absolute Gasteiger partial charge is 0.255 e. The van der Waals surface area contributed by atoms with Gasteiger partial charge in [-0.05, 0) is 38.7 Å². The van der Waals surface area contributed by atoms with Gasteiger partial charge in [-0.25, -0.2) is 4.98 Å². The summed E-state index contributed by atoms with van der Waals surface area (Å²) in [5.74, 6) is 0.783.